The second-order valence-electron chi connectivity index (χ2n) is 6.81. The Morgan fingerprint density at radius 1 is 1.27 bits per heavy atom. The van der Waals surface area contributed by atoms with Crippen molar-refractivity contribution in [1.29, 1.82) is 0 Å². The zero-order chi connectivity index (χ0) is 18.1. The molecule has 0 spiro atoms. The van der Waals surface area contributed by atoms with Crippen LogP contribution in [0.1, 0.15) is 32.6 Å². The van der Waals surface area contributed by atoms with Gasteiger partial charge >= 0.3 is 0 Å². The number of aromatic nitrogens is 3. The number of carbonyl (C=O) groups is 1. The molecule has 138 valence electrons. The van der Waals surface area contributed by atoms with Gasteiger partial charge in [0.2, 0.25) is 11.9 Å². The average molecular weight is 392 g/mol. The molecule has 1 saturated carbocycles. The molecule has 1 aromatic heterocycles. The number of rotatable bonds is 6. The van der Waals surface area contributed by atoms with Crippen LogP contribution in [0.3, 0.4) is 0 Å². The standard InChI is InChI=1S/C18H22ClN5OS/c1-12(16(25)20-13-8-9-13)26-18-22-21-17(23-10-4-5-11-23)24(18)15-7-3-2-6-14(15)19/h2-3,6-7,12-13H,4-5,8-11H2,1H3,(H,20,25). The van der Waals surface area contributed by atoms with Gasteiger partial charge in [0, 0.05) is 19.1 Å². The Bertz CT molecular complexity index is 801. The molecule has 0 radical (unpaired) electrons. The van der Waals surface area contributed by atoms with Crippen LogP contribution in [0.25, 0.3) is 5.69 Å². The molecule has 1 atom stereocenters. The van der Waals surface area contributed by atoms with Crippen LogP contribution in [0, 0.1) is 0 Å². The number of nitrogens with one attached hydrogen (secondary N) is 1. The Morgan fingerprint density at radius 3 is 2.69 bits per heavy atom. The van der Waals surface area contributed by atoms with Crippen LogP contribution in [0.5, 0.6) is 0 Å². The van der Waals surface area contributed by atoms with E-state index in [0.717, 1.165) is 50.4 Å². The van der Waals surface area contributed by atoms with E-state index in [0.29, 0.717) is 16.2 Å². The number of amides is 1. The monoisotopic (exact) mass is 391 g/mol. The van der Waals surface area contributed by atoms with E-state index in [2.05, 4.69) is 20.4 Å². The maximum atomic E-state index is 12.3. The first-order chi connectivity index (χ1) is 12.6. The maximum Gasteiger partial charge on any atom is 0.233 e. The Hall–Kier alpha value is -1.73. The van der Waals surface area contributed by atoms with E-state index < -0.39 is 0 Å². The number of carbonyl (C=O) groups excluding carboxylic acids is 1. The summed E-state index contributed by atoms with van der Waals surface area (Å²) in [7, 11) is 0. The van der Waals surface area contributed by atoms with Crippen LogP contribution in [-0.2, 0) is 4.79 Å². The number of anilines is 1. The fourth-order valence-electron chi connectivity index (χ4n) is 3.06. The Labute approximate surface area is 162 Å². The van der Waals surface area contributed by atoms with E-state index in [4.69, 9.17) is 11.6 Å². The third-order valence-corrected chi connectivity index (χ3v) is 6.04. The highest BCUT2D eigenvalue weighted by molar-refractivity contribution is 8.00. The number of benzene rings is 1. The lowest BCUT2D eigenvalue weighted by Gasteiger charge is -2.19. The molecule has 2 aromatic rings. The summed E-state index contributed by atoms with van der Waals surface area (Å²) >= 11 is 7.88. The summed E-state index contributed by atoms with van der Waals surface area (Å²) < 4.78 is 1.99. The smallest absolute Gasteiger partial charge is 0.233 e. The lowest BCUT2D eigenvalue weighted by molar-refractivity contribution is -0.120. The van der Waals surface area contributed by atoms with E-state index in [1.54, 1.807) is 0 Å². The summed E-state index contributed by atoms with van der Waals surface area (Å²) in [5.41, 5.74) is 0.846. The molecule has 1 aliphatic heterocycles. The van der Waals surface area contributed by atoms with Crippen molar-refractivity contribution in [2.75, 3.05) is 18.0 Å². The zero-order valence-electron chi connectivity index (χ0n) is 14.7. The quantitative estimate of drug-likeness (QED) is 0.765. The summed E-state index contributed by atoms with van der Waals surface area (Å²) in [5, 5.41) is 13.0. The summed E-state index contributed by atoms with van der Waals surface area (Å²) in [6, 6.07) is 8.04. The van der Waals surface area contributed by atoms with Gasteiger partial charge in [0.15, 0.2) is 5.16 Å². The minimum atomic E-state index is -0.243. The van der Waals surface area contributed by atoms with Gasteiger partial charge in [-0.2, -0.15) is 0 Å². The fourth-order valence-corrected chi connectivity index (χ4v) is 4.15. The minimum Gasteiger partial charge on any atom is -0.352 e. The largest absolute Gasteiger partial charge is 0.352 e. The van der Waals surface area contributed by atoms with Crippen LogP contribution < -0.4 is 10.2 Å². The predicted molar refractivity (Wildman–Crippen MR) is 104 cm³/mol. The predicted octanol–water partition coefficient (Wildman–Crippen LogP) is 3.28. The topological polar surface area (TPSA) is 63.1 Å². The molecule has 4 rings (SSSR count). The third-order valence-electron chi connectivity index (χ3n) is 4.67. The van der Waals surface area contributed by atoms with Crippen molar-refractivity contribution in [3.05, 3.63) is 29.3 Å². The van der Waals surface area contributed by atoms with Crippen LogP contribution in [0.4, 0.5) is 5.95 Å². The molecule has 2 heterocycles. The van der Waals surface area contributed by atoms with Crippen LogP contribution in [0.2, 0.25) is 5.02 Å². The number of halogens is 1. The third kappa shape index (κ3) is 3.69. The highest BCUT2D eigenvalue weighted by Crippen LogP contribution is 2.33. The summed E-state index contributed by atoms with van der Waals surface area (Å²) in [4.78, 5) is 14.6. The first-order valence-corrected chi connectivity index (χ1v) is 10.3. The van der Waals surface area contributed by atoms with Crippen molar-refractivity contribution in [2.24, 2.45) is 0 Å². The van der Waals surface area contributed by atoms with E-state index in [9.17, 15) is 4.79 Å². The van der Waals surface area contributed by atoms with Crippen molar-refractivity contribution in [3.8, 4) is 5.69 Å². The normalized spacial score (nSPS) is 18.2. The fraction of sp³-hybridized carbons (Fsp3) is 0.500. The molecule has 2 fully saturated rings. The Balaban J connectivity index is 1.65. The van der Waals surface area contributed by atoms with Gasteiger partial charge in [0.05, 0.1) is 16.0 Å². The first-order valence-electron chi connectivity index (χ1n) is 9.06. The molecule has 1 N–H and O–H groups in total. The molecule has 26 heavy (non-hydrogen) atoms. The lowest BCUT2D eigenvalue weighted by atomic mass is 10.3. The van der Waals surface area contributed by atoms with E-state index in [-0.39, 0.29) is 11.2 Å². The minimum absolute atomic E-state index is 0.0499. The van der Waals surface area contributed by atoms with Gasteiger partial charge in [-0.25, -0.2) is 0 Å². The van der Waals surface area contributed by atoms with Gasteiger partial charge in [-0.05, 0) is 44.7 Å². The molecule has 1 saturated heterocycles. The van der Waals surface area contributed by atoms with Crippen LogP contribution >= 0.6 is 23.4 Å². The second-order valence-corrected chi connectivity index (χ2v) is 8.52. The number of hydrogen-bond acceptors (Lipinski definition) is 5. The Morgan fingerprint density at radius 2 is 2.00 bits per heavy atom. The Kier molecular flexibility index (Phi) is 5.09. The molecule has 8 heteroatoms. The highest BCUT2D eigenvalue weighted by atomic mass is 35.5. The molecule has 1 aromatic carbocycles. The number of para-hydroxylation sites is 1. The SMILES string of the molecule is CC(Sc1nnc(N2CCCC2)n1-c1ccccc1Cl)C(=O)NC1CC1. The van der Waals surface area contributed by atoms with Crippen molar-refractivity contribution >= 4 is 35.2 Å². The number of nitrogens with zero attached hydrogens (tertiary/aromatic N) is 4. The van der Waals surface area contributed by atoms with Gasteiger partial charge in [-0.1, -0.05) is 35.5 Å². The van der Waals surface area contributed by atoms with Crippen molar-refractivity contribution < 1.29 is 4.79 Å². The lowest BCUT2D eigenvalue weighted by Crippen LogP contribution is -2.32. The molecule has 1 unspecified atom stereocenters. The molecule has 6 nitrogen and oxygen atoms in total. The van der Waals surface area contributed by atoms with Crippen molar-refractivity contribution in [3.63, 3.8) is 0 Å². The number of hydrogen-bond donors (Lipinski definition) is 1. The zero-order valence-corrected chi connectivity index (χ0v) is 16.3. The van der Waals surface area contributed by atoms with Gasteiger partial charge in [0.1, 0.15) is 0 Å². The molecular weight excluding hydrogens is 370 g/mol. The van der Waals surface area contributed by atoms with Gasteiger partial charge in [-0.15, -0.1) is 10.2 Å². The molecule has 1 amide bonds. The van der Waals surface area contributed by atoms with Gasteiger partial charge in [0.25, 0.3) is 0 Å². The first kappa shape index (κ1) is 17.7. The summed E-state index contributed by atoms with van der Waals surface area (Å²) in [6.07, 6.45) is 4.46. The van der Waals surface area contributed by atoms with E-state index in [1.165, 1.54) is 11.8 Å². The van der Waals surface area contributed by atoms with Crippen molar-refractivity contribution in [1.82, 2.24) is 20.1 Å². The summed E-state index contributed by atoms with van der Waals surface area (Å²) in [5.74, 6) is 0.849. The molecule has 1 aliphatic carbocycles. The summed E-state index contributed by atoms with van der Waals surface area (Å²) in [6.45, 7) is 3.83. The van der Waals surface area contributed by atoms with E-state index >= 15 is 0 Å². The molecule has 2 aliphatic rings. The highest BCUT2D eigenvalue weighted by Gasteiger charge is 2.29. The van der Waals surface area contributed by atoms with Crippen LogP contribution in [0.15, 0.2) is 29.4 Å². The van der Waals surface area contributed by atoms with Gasteiger partial charge in [-0.3, -0.25) is 9.36 Å². The van der Waals surface area contributed by atoms with E-state index in [1.807, 2.05) is 35.8 Å². The molecule has 0 bridgehead atoms. The number of thioether (sulfide) groups is 1. The maximum absolute atomic E-state index is 12.3. The second kappa shape index (κ2) is 7.48. The average Bonchev–Trinajstić information content (AvgIpc) is 3.11. The van der Waals surface area contributed by atoms with Gasteiger partial charge < -0.3 is 10.2 Å². The van der Waals surface area contributed by atoms with Crippen LogP contribution in [-0.4, -0.2) is 45.1 Å². The molecular formula is C18H22ClN5OS. The van der Waals surface area contributed by atoms with Crippen molar-refractivity contribution in [2.45, 2.75) is 49.1 Å².